The Morgan fingerprint density at radius 1 is 1.36 bits per heavy atom. The molecule has 0 bridgehead atoms. The predicted molar refractivity (Wildman–Crippen MR) is 66.1 cm³/mol. The summed E-state index contributed by atoms with van der Waals surface area (Å²) in [6.07, 6.45) is -3.74. The summed E-state index contributed by atoms with van der Waals surface area (Å²) in [7, 11) is 0. The monoisotopic (exact) mass is 312 g/mol. The molecule has 0 amide bonds. The lowest BCUT2D eigenvalue weighted by Gasteiger charge is -2.22. The third-order valence-corrected chi connectivity index (χ3v) is 3.15. The van der Waals surface area contributed by atoms with Crippen LogP contribution in [0.15, 0.2) is 29.2 Å². The molecule has 0 spiro atoms. The number of aromatic nitrogens is 2. The lowest BCUT2D eigenvalue weighted by Crippen LogP contribution is -2.32. The molecule has 2 heterocycles. The molecule has 0 saturated heterocycles. The highest BCUT2D eigenvalue weighted by molar-refractivity contribution is 5.86. The minimum Gasteiger partial charge on any atom is -0.483 e. The van der Waals surface area contributed by atoms with Crippen molar-refractivity contribution in [1.29, 1.82) is 0 Å². The van der Waals surface area contributed by atoms with Crippen molar-refractivity contribution in [3.8, 4) is 11.4 Å². The minimum absolute atomic E-state index is 0.0295. The van der Waals surface area contributed by atoms with Gasteiger partial charge in [0.1, 0.15) is 17.9 Å². The van der Waals surface area contributed by atoms with E-state index in [4.69, 9.17) is 9.84 Å². The maximum atomic E-state index is 12.8. The summed E-state index contributed by atoms with van der Waals surface area (Å²) in [4.78, 5) is 26.9. The topological polar surface area (TPSA) is 81.4 Å². The van der Waals surface area contributed by atoms with Gasteiger partial charge in [0.25, 0.3) is 5.56 Å². The Morgan fingerprint density at radius 3 is 2.73 bits per heavy atom. The molecule has 9 heteroatoms. The molecule has 0 radical (unpaired) electrons. The number of fused-ring (bicyclic) bond motifs is 3. The van der Waals surface area contributed by atoms with Crippen molar-refractivity contribution < 1.29 is 27.8 Å². The zero-order chi connectivity index (χ0) is 16.1. The fraction of sp³-hybridized carbons (Fsp3) is 0.154. The van der Waals surface area contributed by atoms with Crippen molar-refractivity contribution in [2.75, 3.05) is 0 Å². The van der Waals surface area contributed by atoms with Crippen LogP contribution in [0.25, 0.3) is 5.69 Å². The SMILES string of the molecule is O=C(O)c1cnc2n(c1=O)-c1cc(C(F)(F)F)ccc1OC2. The second-order valence-corrected chi connectivity index (χ2v) is 4.50. The Bertz CT molecular complexity index is 842. The van der Waals surface area contributed by atoms with Crippen LogP contribution in [0.4, 0.5) is 13.2 Å². The predicted octanol–water partition coefficient (Wildman–Crippen LogP) is 1.84. The van der Waals surface area contributed by atoms with E-state index in [-0.39, 0.29) is 23.9 Å². The number of nitrogens with zero attached hydrogens (tertiary/aromatic N) is 2. The molecular formula is C13H7F3N2O4. The number of alkyl halides is 3. The third-order valence-electron chi connectivity index (χ3n) is 3.15. The molecule has 0 saturated carbocycles. The van der Waals surface area contributed by atoms with Gasteiger partial charge in [0, 0.05) is 6.20 Å². The summed E-state index contributed by atoms with van der Waals surface area (Å²) in [5.74, 6) is -1.43. The Hall–Kier alpha value is -2.84. The van der Waals surface area contributed by atoms with Crippen molar-refractivity contribution in [2.24, 2.45) is 0 Å². The van der Waals surface area contributed by atoms with Gasteiger partial charge in [-0.25, -0.2) is 9.78 Å². The normalized spacial score (nSPS) is 13.0. The summed E-state index contributed by atoms with van der Waals surface area (Å²) in [5, 5.41) is 8.93. The van der Waals surface area contributed by atoms with Crippen LogP contribution in [-0.4, -0.2) is 20.6 Å². The van der Waals surface area contributed by atoms with E-state index in [1.54, 1.807) is 0 Å². The van der Waals surface area contributed by atoms with E-state index in [0.717, 1.165) is 29.0 Å². The van der Waals surface area contributed by atoms with E-state index < -0.39 is 28.8 Å². The lowest BCUT2D eigenvalue weighted by molar-refractivity contribution is -0.137. The number of carbonyl (C=O) groups is 1. The summed E-state index contributed by atoms with van der Waals surface area (Å²) in [6, 6.07) is 2.64. The van der Waals surface area contributed by atoms with E-state index in [2.05, 4.69) is 4.98 Å². The van der Waals surface area contributed by atoms with Gasteiger partial charge in [0.15, 0.2) is 5.82 Å². The number of halogens is 3. The molecule has 1 aliphatic rings. The van der Waals surface area contributed by atoms with Gasteiger partial charge < -0.3 is 9.84 Å². The fourth-order valence-electron chi connectivity index (χ4n) is 2.12. The molecule has 2 aromatic rings. The number of hydrogen-bond donors (Lipinski definition) is 1. The van der Waals surface area contributed by atoms with Gasteiger partial charge in [-0.1, -0.05) is 0 Å². The standard InChI is InChI=1S/C13H7F3N2O4/c14-13(15,16)6-1-2-9-8(3-6)18-10(5-22-9)17-4-7(11(18)19)12(20)21/h1-4H,5H2,(H,20,21). The lowest BCUT2D eigenvalue weighted by atomic mass is 10.1. The first-order chi connectivity index (χ1) is 10.3. The van der Waals surface area contributed by atoms with Crippen LogP contribution < -0.4 is 10.3 Å². The van der Waals surface area contributed by atoms with Crippen LogP contribution in [0.3, 0.4) is 0 Å². The van der Waals surface area contributed by atoms with Gasteiger partial charge in [-0.05, 0) is 18.2 Å². The van der Waals surface area contributed by atoms with Crippen molar-refractivity contribution in [3.63, 3.8) is 0 Å². The van der Waals surface area contributed by atoms with Gasteiger partial charge in [-0.3, -0.25) is 9.36 Å². The maximum Gasteiger partial charge on any atom is 0.416 e. The Morgan fingerprint density at radius 2 is 2.09 bits per heavy atom. The van der Waals surface area contributed by atoms with Gasteiger partial charge in [0.2, 0.25) is 0 Å². The van der Waals surface area contributed by atoms with E-state index >= 15 is 0 Å². The molecule has 0 aliphatic carbocycles. The van der Waals surface area contributed by atoms with E-state index in [1.165, 1.54) is 0 Å². The molecular weight excluding hydrogens is 305 g/mol. The summed E-state index contributed by atoms with van der Waals surface area (Å²) >= 11 is 0. The van der Waals surface area contributed by atoms with Gasteiger partial charge in [-0.15, -0.1) is 0 Å². The highest BCUT2D eigenvalue weighted by Crippen LogP contribution is 2.35. The van der Waals surface area contributed by atoms with Crippen molar-refractivity contribution in [2.45, 2.75) is 12.8 Å². The molecule has 0 unspecified atom stereocenters. The number of carboxylic acids is 1. The molecule has 22 heavy (non-hydrogen) atoms. The number of hydrogen-bond acceptors (Lipinski definition) is 4. The average Bonchev–Trinajstić information content (AvgIpc) is 2.45. The average molecular weight is 312 g/mol. The minimum atomic E-state index is -4.60. The van der Waals surface area contributed by atoms with E-state index in [9.17, 15) is 22.8 Å². The third kappa shape index (κ3) is 2.10. The highest BCUT2D eigenvalue weighted by Gasteiger charge is 2.33. The molecule has 6 nitrogen and oxygen atoms in total. The molecule has 114 valence electrons. The second-order valence-electron chi connectivity index (χ2n) is 4.50. The summed E-state index contributed by atoms with van der Waals surface area (Å²) in [5.41, 5.74) is -2.75. The Kier molecular flexibility index (Phi) is 2.94. The quantitative estimate of drug-likeness (QED) is 0.869. The van der Waals surface area contributed by atoms with Crippen LogP contribution in [-0.2, 0) is 12.8 Å². The number of rotatable bonds is 1. The van der Waals surface area contributed by atoms with Crippen LogP contribution >= 0.6 is 0 Å². The van der Waals surface area contributed by atoms with Gasteiger partial charge in [0.05, 0.1) is 11.3 Å². The van der Waals surface area contributed by atoms with Crippen LogP contribution in [0, 0.1) is 0 Å². The smallest absolute Gasteiger partial charge is 0.416 e. The maximum absolute atomic E-state index is 12.8. The Labute approximate surface area is 120 Å². The number of aromatic carboxylic acids is 1. The molecule has 1 aliphatic heterocycles. The number of benzene rings is 1. The second kappa shape index (κ2) is 4.58. The first kappa shape index (κ1) is 14.1. The first-order valence-electron chi connectivity index (χ1n) is 5.97. The van der Waals surface area contributed by atoms with Crippen LogP contribution in [0.1, 0.15) is 21.7 Å². The van der Waals surface area contributed by atoms with Crippen molar-refractivity contribution in [3.05, 3.63) is 51.7 Å². The van der Waals surface area contributed by atoms with E-state index in [1.807, 2.05) is 0 Å². The molecule has 1 aromatic carbocycles. The van der Waals surface area contributed by atoms with Crippen molar-refractivity contribution >= 4 is 5.97 Å². The summed E-state index contributed by atoms with van der Waals surface area (Å²) < 4.78 is 44.5. The molecule has 0 fully saturated rings. The molecule has 3 rings (SSSR count). The number of ether oxygens (including phenoxy) is 1. The largest absolute Gasteiger partial charge is 0.483 e. The highest BCUT2D eigenvalue weighted by atomic mass is 19.4. The van der Waals surface area contributed by atoms with Crippen molar-refractivity contribution in [1.82, 2.24) is 9.55 Å². The molecule has 0 atom stereocenters. The van der Waals surface area contributed by atoms with Gasteiger partial charge in [-0.2, -0.15) is 13.2 Å². The Balaban J connectivity index is 2.30. The summed E-state index contributed by atoms with van der Waals surface area (Å²) in [6.45, 7) is -0.145. The first-order valence-corrected chi connectivity index (χ1v) is 5.97. The number of carboxylic acid groups (broad SMARTS) is 1. The fourth-order valence-corrected chi connectivity index (χ4v) is 2.12. The zero-order valence-corrected chi connectivity index (χ0v) is 10.7. The van der Waals surface area contributed by atoms with E-state index in [0.29, 0.717) is 0 Å². The zero-order valence-electron chi connectivity index (χ0n) is 10.7. The van der Waals surface area contributed by atoms with Crippen LogP contribution in [0.5, 0.6) is 5.75 Å². The molecule has 1 aromatic heterocycles. The van der Waals surface area contributed by atoms with Crippen LogP contribution in [0.2, 0.25) is 0 Å². The molecule has 1 N–H and O–H groups in total. The van der Waals surface area contributed by atoms with Gasteiger partial charge >= 0.3 is 12.1 Å².